The van der Waals surface area contributed by atoms with Crippen LogP contribution in [0.5, 0.6) is 0 Å². The zero-order chi connectivity index (χ0) is 13.1. The minimum atomic E-state index is -0.105. The van der Waals surface area contributed by atoms with Crippen LogP contribution < -0.4 is 5.32 Å². The second-order valence-corrected chi connectivity index (χ2v) is 5.28. The first-order chi connectivity index (χ1) is 8.58. The lowest BCUT2D eigenvalue weighted by Gasteiger charge is -2.13. The number of halogens is 1. The monoisotopic (exact) mass is 264 g/mol. The van der Waals surface area contributed by atoms with Crippen LogP contribution in [0.2, 0.25) is 0 Å². The van der Waals surface area contributed by atoms with Gasteiger partial charge in [0.25, 0.3) is 0 Å². The molecule has 2 nitrogen and oxygen atoms in total. The van der Waals surface area contributed by atoms with Crippen LogP contribution in [0.15, 0.2) is 23.0 Å². The minimum Gasteiger partial charge on any atom is -0.305 e. The Hall–Kier alpha value is -1.26. The van der Waals surface area contributed by atoms with Crippen molar-refractivity contribution in [1.29, 1.82) is 0 Å². The van der Waals surface area contributed by atoms with Gasteiger partial charge >= 0.3 is 0 Å². The van der Waals surface area contributed by atoms with Gasteiger partial charge in [0.15, 0.2) is 0 Å². The second-order valence-electron chi connectivity index (χ2n) is 4.56. The standard InChI is InChI=1S/C14H17FN2S/c1-9-4-12(5-10(2)14(9)15)6-16-11(3)13-7-18-8-17-13/h4-5,7-8,11,16H,6H2,1-3H3. The van der Waals surface area contributed by atoms with Crippen molar-refractivity contribution in [1.82, 2.24) is 10.3 Å². The van der Waals surface area contributed by atoms with Gasteiger partial charge in [-0.05, 0) is 37.5 Å². The zero-order valence-electron chi connectivity index (χ0n) is 10.8. The van der Waals surface area contributed by atoms with Gasteiger partial charge in [-0.1, -0.05) is 12.1 Å². The van der Waals surface area contributed by atoms with Crippen molar-refractivity contribution < 1.29 is 4.39 Å². The van der Waals surface area contributed by atoms with Crippen LogP contribution in [0, 0.1) is 19.7 Å². The van der Waals surface area contributed by atoms with Gasteiger partial charge in [0.1, 0.15) is 5.82 Å². The predicted octanol–water partition coefficient (Wildman–Crippen LogP) is 3.75. The van der Waals surface area contributed by atoms with Crippen LogP contribution in [-0.4, -0.2) is 4.98 Å². The molecule has 1 atom stereocenters. The lowest BCUT2D eigenvalue weighted by Crippen LogP contribution is -2.18. The predicted molar refractivity (Wildman–Crippen MR) is 73.2 cm³/mol. The first-order valence-corrected chi connectivity index (χ1v) is 6.89. The molecule has 18 heavy (non-hydrogen) atoms. The fourth-order valence-electron chi connectivity index (χ4n) is 1.95. The summed E-state index contributed by atoms with van der Waals surface area (Å²) in [6.45, 7) is 6.41. The quantitative estimate of drug-likeness (QED) is 0.909. The molecule has 0 radical (unpaired) electrons. The van der Waals surface area contributed by atoms with E-state index >= 15 is 0 Å². The van der Waals surface area contributed by atoms with E-state index in [-0.39, 0.29) is 11.9 Å². The van der Waals surface area contributed by atoms with Crippen molar-refractivity contribution in [2.75, 3.05) is 0 Å². The van der Waals surface area contributed by atoms with Crippen LogP contribution in [0.1, 0.15) is 35.3 Å². The first-order valence-electron chi connectivity index (χ1n) is 5.95. The number of nitrogens with zero attached hydrogens (tertiary/aromatic N) is 1. The summed E-state index contributed by atoms with van der Waals surface area (Å²) < 4.78 is 13.5. The maximum Gasteiger partial charge on any atom is 0.129 e. The normalized spacial score (nSPS) is 12.7. The number of aromatic nitrogens is 1. The number of thiazole rings is 1. The Kier molecular flexibility index (Phi) is 4.09. The molecule has 0 bridgehead atoms. The van der Waals surface area contributed by atoms with Crippen LogP contribution in [-0.2, 0) is 6.54 Å². The van der Waals surface area contributed by atoms with E-state index in [1.807, 2.05) is 23.0 Å². The van der Waals surface area contributed by atoms with Crippen LogP contribution >= 0.6 is 11.3 Å². The van der Waals surface area contributed by atoms with Gasteiger partial charge in [0, 0.05) is 18.0 Å². The van der Waals surface area contributed by atoms with E-state index in [1.54, 1.807) is 25.2 Å². The van der Waals surface area contributed by atoms with Crippen LogP contribution in [0.4, 0.5) is 4.39 Å². The molecule has 0 aliphatic rings. The van der Waals surface area contributed by atoms with Crippen molar-refractivity contribution in [2.45, 2.75) is 33.4 Å². The van der Waals surface area contributed by atoms with Crippen LogP contribution in [0.25, 0.3) is 0 Å². The first kappa shape index (κ1) is 13.2. The Labute approximate surface area is 111 Å². The van der Waals surface area contributed by atoms with Gasteiger partial charge in [-0.2, -0.15) is 0 Å². The summed E-state index contributed by atoms with van der Waals surface area (Å²) in [6.07, 6.45) is 0. The van der Waals surface area contributed by atoms with E-state index in [4.69, 9.17) is 0 Å². The Bertz CT molecular complexity index is 500. The summed E-state index contributed by atoms with van der Waals surface area (Å²) in [5, 5.41) is 5.44. The molecule has 4 heteroatoms. The lowest BCUT2D eigenvalue weighted by molar-refractivity contribution is 0.561. The molecule has 2 rings (SSSR count). The van der Waals surface area contributed by atoms with Crippen molar-refractivity contribution in [2.24, 2.45) is 0 Å². The molecule has 0 aliphatic carbocycles. The maximum absolute atomic E-state index is 13.5. The summed E-state index contributed by atoms with van der Waals surface area (Å²) in [5.74, 6) is -0.105. The number of rotatable bonds is 4. The summed E-state index contributed by atoms with van der Waals surface area (Å²) in [5.41, 5.74) is 5.39. The Morgan fingerprint density at radius 3 is 2.56 bits per heavy atom. The topological polar surface area (TPSA) is 24.9 Å². The van der Waals surface area contributed by atoms with Crippen molar-refractivity contribution in [3.05, 3.63) is 51.2 Å². The molecule has 0 amide bonds. The smallest absolute Gasteiger partial charge is 0.129 e. The molecule has 2 aromatic rings. The Morgan fingerprint density at radius 1 is 1.33 bits per heavy atom. The maximum atomic E-state index is 13.5. The summed E-state index contributed by atoms with van der Waals surface area (Å²) in [6, 6.07) is 3.99. The van der Waals surface area contributed by atoms with E-state index in [0.29, 0.717) is 11.1 Å². The molecular formula is C14H17FN2S. The summed E-state index contributed by atoms with van der Waals surface area (Å²) in [4.78, 5) is 4.27. The SMILES string of the molecule is Cc1cc(CNC(C)c2cscn2)cc(C)c1F. The molecular weight excluding hydrogens is 247 g/mol. The lowest BCUT2D eigenvalue weighted by atomic mass is 10.1. The van der Waals surface area contributed by atoms with Crippen molar-refractivity contribution in [3.63, 3.8) is 0 Å². The van der Waals surface area contributed by atoms with Gasteiger partial charge in [-0.3, -0.25) is 0 Å². The average molecular weight is 264 g/mol. The molecule has 0 saturated carbocycles. The van der Waals surface area contributed by atoms with Gasteiger partial charge in [0.05, 0.1) is 11.2 Å². The zero-order valence-corrected chi connectivity index (χ0v) is 11.6. The van der Waals surface area contributed by atoms with Gasteiger partial charge in [-0.15, -0.1) is 11.3 Å². The Balaban J connectivity index is 2.02. The Morgan fingerprint density at radius 2 is 2.00 bits per heavy atom. The highest BCUT2D eigenvalue weighted by atomic mass is 32.1. The third kappa shape index (κ3) is 2.94. The number of hydrogen-bond acceptors (Lipinski definition) is 3. The number of benzene rings is 1. The van der Waals surface area contributed by atoms with Crippen LogP contribution in [0.3, 0.4) is 0 Å². The molecule has 1 aromatic carbocycles. The number of aryl methyl sites for hydroxylation is 2. The van der Waals surface area contributed by atoms with Gasteiger partial charge in [-0.25, -0.2) is 9.37 Å². The third-order valence-corrected chi connectivity index (χ3v) is 3.61. The largest absolute Gasteiger partial charge is 0.305 e. The average Bonchev–Trinajstić information content (AvgIpc) is 2.86. The fourth-order valence-corrected chi connectivity index (χ4v) is 2.60. The highest BCUT2D eigenvalue weighted by molar-refractivity contribution is 7.07. The highest BCUT2D eigenvalue weighted by Gasteiger charge is 2.08. The van der Waals surface area contributed by atoms with E-state index in [0.717, 1.165) is 17.8 Å². The molecule has 0 spiro atoms. The molecule has 0 fully saturated rings. The molecule has 96 valence electrons. The third-order valence-electron chi connectivity index (χ3n) is 3.00. The van der Waals surface area contributed by atoms with Crippen molar-refractivity contribution in [3.8, 4) is 0 Å². The fraction of sp³-hybridized carbons (Fsp3) is 0.357. The van der Waals surface area contributed by atoms with E-state index in [9.17, 15) is 4.39 Å². The van der Waals surface area contributed by atoms with Gasteiger partial charge < -0.3 is 5.32 Å². The molecule has 1 unspecified atom stereocenters. The molecule has 1 heterocycles. The van der Waals surface area contributed by atoms with E-state index < -0.39 is 0 Å². The van der Waals surface area contributed by atoms with E-state index in [2.05, 4.69) is 17.2 Å². The number of hydrogen-bond donors (Lipinski definition) is 1. The molecule has 0 saturated heterocycles. The van der Waals surface area contributed by atoms with Crippen molar-refractivity contribution >= 4 is 11.3 Å². The highest BCUT2D eigenvalue weighted by Crippen LogP contribution is 2.16. The van der Waals surface area contributed by atoms with E-state index in [1.165, 1.54) is 0 Å². The summed E-state index contributed by atoms with van der Waals surface area (Å²) >= 11 is 1.60. The second kappa shape index (κ2) is 5.59. The van der Waals surface area contributed by atoms with Gasteiger partial charge in [0.2, 0.25) is 0 Å². The minimum absolute atomic E-state index is 0.105. The summed E-state index contributed by atoms with van der Waals surface area (Å²) in [7, 11) is 0. The molecule has 1 N–H and O–H groups in total. The molecule has 0 aliphatic heterocycles. The molecule has 1 aromatic heterocycles. The number of nitrogens with one attached hydrogen (secondary N) is 1.